The van der Waals surface area contributed by atoms with Crippen LogP contribution < -0.4 is 4.90 Å². The fourth-order valence-electron chi connectivity index (χ4n) is 4.54. The minimum Gasteiger partial charge on any atom is -0.379 e. The van der Waals surface area contributed by atoms with Crippen molar-refractivity contribution in [3.05, 3.63) is 53.3 Å². The van der Waals surface area contributed by atoms with Gasteiger partial charge in [0.15, 0.2) is 0 Å². The maximum atomic E-state index is 13.1. The van der Waals surface area contributed by atoms with Crippen LogP contribution in [0, 0.1) is 13.8 Å². The van der Waals surface area contributed by atoms with Gasteiger partial charge in [0.1, 0.15) is 5.82 Å². The number of morpholine rings is 1. The maximum Gasteiger partial charge on any atom is 0.243 e. The SMILES string of the molecule is CCCn1c(CCC(=O)N(C)c2cccc(C)c2C)nc2cc(S(=O)(=O)N3CCOCC3)ccc21. The number of carbonyl (C=O) groups excluding carboxylic acids is 1. The second-order valence-corrected chi connectivity index (χ2v) is 11.0. The van der Waals surface area contributed by atoms with Gasteiger partial charge < -0.3 is 14.2 Å². The lowest BCUT2D eigenvalue weighted by atomic mass is 10.1. The topological polar surface area (TPSA) is 84.7 Å². The average Bonchev–Trinajstić information content (AvgIpc) is 3.21. The molecule has 188 valence electrons. The summed E-state index contributed by atoms with van der Waals surface area (Å²) in [7, 11) is -1.79. The number of aromatic nitrogens is 2. The Kier molecular flexibility index (Phi) is 7.59. The molecule has 0 atom stereocenters. The molecule has 35 heavy (non-hydrogen) atoms. The van der Waals surface area contributed by atoms with Crippen LogP contribution in [-0.2, 0) is 32.5 Å². The van der Waals surface area contributed by atoms with Gasteiger partial charge in [-0.15, -0.1) is 0 Å². The van der Waals surface area contributed by atoms with E-state index in [1.165, 1.54) is 4.31 Å². The van der Waals surface area contributed by atoms with Crippen LogP contribution in [0.4, 0.5) is 5.69 Å². The quantitative estimate of drug-likeness (QED) is 0.473. The van der Waals surface area contributed by atoms with Crippen LogP contribution in [0.25, 0.3) is 11.0 Å². The number of hydrogen-bond acceptors (Lipinski definition) is 5. The van der Waals surface area contributed by atoms with Crippen molar-refractivity contribution in [2.24, 2.45) is 0 Å². The van der Waals surface area contributed by atoms with E-state index in [0.29, 0.717) is 44.7 Å². The summed E-state index contributed by atoms with van der Waals surface area (Å²) in [6.07, 6.45) is 1.70. The molecule has 1 aliphatic heterocycles. The molecule has 1 aromatic heterocycles. The highest BCUT2D eigenvalue weighted by Crippen LogP contribution is 2.26. The van der Waals surface area contributed by atoms with E-state index in [2.05, 4.69) is 11.5 Å². The van der Waals surface area contributed by atoms with Crippen molar-refractivity contribution < 1.29 is 17.9 Å². The van der Waals surface area contributed by atoms with Crippen LogP contribution in [0.15, 0.2) is 41.3 Å². The number of sulfonamides is 1. The van der Waals surface area contributed by atoms with Crippen LogP contribution in [-0.4, -0.2) is 61.5 Å². The number of nitrogens with zero attached hydrogens (tertiary/aromatic N) is 4. The van der Waals surface area contributed by atoms with Gasteiger partial charge in [-0.1, -0.05) is 19.1 Å². The minimum atomic E-state index is -3.60. The molecular weight excluding hydrogens is 464 g/mol. The number of fused-ring (bicyclic) bond motifs is 1. The molecule has 2 aromatic carbocycles. The zero-order valence-corrected chi connectivity index (χ0v) is 21.8. The first kappa shape index (κ1) is 25.3. The monoisotopic (exact) mass is 498 g/mol. The zero-order chi connectivity index (χ0) is 25.2. The van der Waals surface area contributed by atoms with Gasteiger partial charge in [0.2, 0.25) is 15.9 Å². The number of rotatable bonds is 8. The van der Waals surface area contributed by atoms with Crippen molar-refractivity contribution in [1.82, 2.24) is 13.9 Å². The van der Waals surface area contributed by atoms with Crippen molar-refractivity contribution in [3.63, 3.8) is 0 Å². The molecule has 0 N–H and O–H groups in total. The van der Waals surface area contributed by atoms with Gasteiger partial charge in [0.25, 0.3) is 0 Å². The number of amides is 1. The molecule has 0 saturated carbocycles. The molecule has 0 unspecified atom stereocenters. The van der Waals surface area contributed by atoms with Gasteiger partial charge in [0, 0.05) is 45.2 Å². The molecule has 9 heteroatoms. The number of carbonyl (C=O) groups is 1. The molecule has 1 fully saturated rings. The van der Waals surface area contributed by atoms with E-state index < -0.39 is 10.0 Å². The van der Waals surface area contributed by atoms with Crippen molar-refractivity contribution in [2.45, 2.75) is 51.5 Å². The number of benzene rings is 2. The van der Waals surface area contributed by atoms with Gasteiger partial charge in [-0.3, -0.25) is 4.79 Å². The summed E-state index contributed by atoms with van der Waals surface area (Å²) in [6, 6.07) is 11.1. The normalized spacial score (nSPS) is 15.0. The van der Waals surface area contributed by atoms with Crippen LogP contribution in [0.1, 0.15) is 36.7 Å². The highest BCUT2D eigenvalue weighted by atomic mass is 32.2. The molecule has 8 nitrogen and oxygen atoms in total. The number of hydrogen-bond donors (Lipinski definition) is 0. The third-order valence-corrected chi connectivity index (χ3v) is 8.62. The molecule has 1 amide bonds. The van der Waals surface area contributed by atoms with E-state index in [9.17, 15) is 13.2 Å². The summed E-state index contributed by atoms with van der Waals surface area (Å²) in [5.41, 5.74) is 4.68. The average molecular weight is 499 g/mol. The van der Waals surface area contributed by atoms with E-state index in [0.717, 1.165) is 41.1 Å². The molecule has 1 aliphatic rings. The lowest BCUT2D eigenvalue weighted by Crippen LogP contribution is -2.40. The second kappa shape index (κ2) is 10.5. The largest absolute Gasteiger partial charge is 0.379 e. The molecule has 2 heterocycles. The molecule has 0 bridgehead atoms. The van der Waals surface area contributed by atoms with E-state index >= 15 is 0 Å². The number of aryl methyl sites for hydroxylation is 3. The standard InChI is InChI=1S/C26H34N4O4S/c1-5-13-30-24-10-9-21(35(32,33)29-14-16-34-17-15-29)18-22(24)27-25(30)11-12-26(31)28(4)23-8-6-7-19(2)20(23)3/h6-10,18H,5,11-17H2,1-4H3. The first-order valence-electron chi connectivity index (χ1n) is 12.1. The summed E-state index contributed by atoms with van der Waals surface area (Å²) in [6.45, 7) is 8.42. The maximum absolute atomic E-state index is 13.1. The zero-order valence-electron chi connectivity index (χ0n) is 21.0. The Bertz CT molecular complexity index is 1330. The third kappa shape index (κ3) is 5.12. The van der Waals surface area contributed by atoms with Gasteiger partial charge in [-0.2, -0.15) is 4.31 Å². The number of ether oxygens (including phenoxy) is 1. The van der Waals surface area contributed by atoms with Gasteiger partial charge in [-0.05, 0) is 55.7 Å². The van der Waals surface area contributed by atoms with Crippen LogP contribution >= 0.6 is 0 Å². The molecular formula is C26H34N4O4S. The molecule has 3 aromatic rings. The smallest absolute Gasteiger partial charge is 0.243 e. The Hall–Kier alpha value is -2.75. The van der Waals surface area contributed by atoms with E-state index in [-0.39, 0.29) is 10.8 Å². The number of anilines is 1. The van der Waals surface area contributed by atoms with Crippen molar-refractivity contribution in [2.75, 3.05) is 38.3 Å². The summed E-state index contributed by atoms with van der Waals surface area (Å²) < 4.78 is 35.1. The Morgan fingerprint density at radius 3 is 2.60 bits per heavy atom. The van der Waals surface area contributed by atoms with E-state index in [1.807, 2.05) is 45.2 Å². The van der Waals surface area contributed by atoms with Crippen LogP contribution in [0.2, 0.25) is 0 Å². The first-order chi connectivity index (χ1) is 16.7. The highest BCUT2D eigenvalue weighted by molar-refractivity contribution is 7.89. The predicted octanol–water partition coefficient (Wildman–Crippen LogP) is 3.68. The van der Waals surface area contributed by atoms with Crippen molar-refractivity contribution >= 4 is 32.7 Å². The molecule has 0 aliphatic carbocycles. The lowest BCUT2D eigenvalue weighted by molar-refractivity contribution is -0.118. The Morgan fingerprint density at radius 1 is 1.14 bits per heavy atom. The second-order valence-electron chi connectivity index (χ2n) is 9.02. The van der Waals surface area contributed by atoms with Gasteiger partial charge >= 0.3 is 0 Å². The predicted molar refractivity (Wildman–Crippen MR) is 137 cm³/mol. The van der Waals surface area contributed by atoms with Gasteiger partial charge in [0.05, 0.1) is 29.1 Å². The van der Waals surface area contributed by atoms with Crippen molar-refractivity contribution in [1.29, 1.82) is 0 Å². The summed E-state index contributed by atoms with van der Waals surface area (Å²) in [4.78, 5) is 19.7. The molecule has 0 spiro atoms. The summed E-state index contributed by atoms with van der Waals surface area (Å²) in [5.74, 6) is 0.815. The third-order valence-electron chi connectivity index (χ3n) is 6.73. The molecule has 4 rings (SSSR count). The van der Waals surface area contributed by atoms with E-state index in [1.54, 1.807) is 17.0 Å². The Balaban J connectivity index is 1.58. The van der Waals surface area contributed by atoms with Crippen molar-refractivity contribution in [3.8, 4) is 0 Å². The van der Waals surface area contributed by atoms with Gasteiger partial charge in [-0.25, -0.2) is 13.4 Å². The van der Waals surface area contributed by atoms with Crippen LogP contribution in [0.5, 0.6) is 0 Å². The Morgan fingerprint density at radius 2 is 1.89 bits per heavy atom. The van der Waals surface area contributed by atoms with Crippen LogP contribution in [0.3, 0.4) is 0 Å². The lowest BCUT2D eigenvalue weighted by Gasteiger charge is -2.26. The highest BCUT2D eigenvalue weighted by Gasteiger charge is 2.27. The summed E-state index contributed by atoms with van der Waals surface area (Å²) >= 11 is 0. The minimum absolute atomic E-state index is 0.0180. The Labute approximate surface area is 207 Å². The fourth-order valence-corrected chi connectivity index (χ4v) is 5.97. The van der Waals surface area contributed by atoms with E-state index in [4.69, 9.17) is 9.72 Å². The summed E-state index contributed by atoms with van der Waals surface area (Å²) in [5, 5.41) is 0. The number of imidazole rings is 1. The molecule has 0 radical (unpaired) electrons. The first-order valence-corrected chi connectivity index (χ1v) is 13.6. The molecule has 1 saturated heterocycles. The fraction of sp³-hybridized carbons (Fsp3) is 0.462.